The number of alkyl halides is 1. The van der Waals surface area contributed by atoms with Crippen molar-refractivity contribution in [1.29, 1.82) is 0 Å². The predicted octanol–water partition coefficient (Wildman–Crippen LogP) is 3.49. The predicted molar refractivity (Wildman–Crippen MR) is 82.0 cm³/mol. The number of halogens is 1. The summed E-state index contributed by atoms with van der Waals surface area (Å²) in [6.45, 7) is 0.343. The molecule has 0 aliphatic heterocycles. The van der Waals surface area contributed by atoms with E-state index >= 15 is 0 Å². The molecule has 0 fully saturated rings. The van der Waals surface area contributed by atoms with Gasteiger partial charge in [0.2, 0.25) is 11.7 Å². The summed E-state index contributed by atoms with van der Waals surface area (Å²) in [7, 11) is 0. The number of para-hydroxylation sites is 1. The number of amides is 1. The third-order valence-electron chi connectivity index (χ3n) is 3.02. The van der Waals surface area contributed by atoms with E-state index in [2.05, 4.69) is 26.4 Å². The number of rotatable bonds is 5. The largest absolute Gasteiger partial charge is 0.453 e. The number of fused-ring (bicyclic) bond motifs is 1. The van der Waals surface area contributed by atoms with Gasteiger partial charge in [0.05, 0.1) is 6.54 Å². The number of hydrogen-bond donors (Lipinski definition) is 1. The summed E-state index contributed by atoms with van der Waals surface area (Å²) in [6, 6.07) is 11.4. The molecule has 3 rings (SSSR count). The first-order valence-corrected chi connectivity index (χ1v) is 7.65. The van der Waals surface area contributed by atoms with Crippen molar-refractivity contribution in [2.45, 2.75) is 13.0 Å². The van der Waals surface area contributed by atoms with Gasteiger partial charge in [0.15, 0.2) is 5.76 Å². The molecule has 21 heavy (non-hydrogen) atoms. The topological polar surface area (TPSA) is 68.3 Å². The molecule has 0 aliphatic carbocycles. The van der Waals surface area contributed by atoms with Crippen LogP contribution in [0.1, 0.15) is 12.1 Å². The number of benzene rings is 1. The second kappa shape index (κ2) is 6.13. The van der Waals surface area contributed by atoms with Crippen LogP contribution in [0.4, 0.5) is 0 Å². The van der Waals surface area contributed by atoms with Gasteiger partial charge in [-0.25, -0.2) is 0 Å². The molecular weight excluding hydrogens is 336 g/mol. The Labute approximate surface area is 129 Å². The van der Waals surface area contributed by atoms with E-state index in [4.69, 9.17) is 8.94 Å². The lowest BCUT2D eigenvalue weighted by atomic mass is 10.2. The third kappa shape index (κ3) is 3.16. The highest BCUT2D eigenvalue weighted by atomic mass is 79.9. The van der Waals surface area contributed by atoms with Crippen molar-refractivity contribution in [3.8, 4) is 11.5 Å². The van der Waals surface area contributed by atoms with E-state index in [0.717, 1.165) is 11.0 Å². The number of nitrogens with zero attached hydrogens (tertiary/aromatic N) is 1. The van der Waals surface area contributed by atoms with Crippen molar-refractivity contribution in [2.24, 2.45) is 0 Å². The molecule has 108 valence electrons. The zero-order chi connectivity index (χ0) is 14.7. The SMILES string of the molecule is O=C(CCBr)NCc1cc(-c2cc3ccccc3o2)on1. The van der Waals surface area contributed by atoms with Crippen LogP contribution >= 0.6 is 15.9 Å². The Hall–Kier alpha value is -2.08. The molecule has 1 N–H and O–H groups in total. The van der Waals surface area contributed by atoms with Crippen LogP contribution in [0, 0.1) is 0 Å². The molecule has 0 bridgehead atoms. The van der Waals surface area contributed by atoms with Crippen LogP contribution in [0.15, 0.2) is 45.3 Å². The Bertz CT molecular complexity index is 730. The highest BCUT2D eigenvalue weighted by Crippen LogP contribution is 2.28. The molecule has 1 amide bonds. The third-order valence-corrected chi connectivity index (χ3v) is 3.41. The standard InChI is InChI=1S/C15H13BrN2O3/c16-6-5-15(19)17-9-11-8-14(21-18-11)13-7-10-3-1-2-4-12(10)20-13/h1-4,7-8H,5-6,9H2,(H,17,19). The normalized spacial score (nSPS) is 10.9. The van der Waals surface area contributed by atoms with Gasteiger partial charge in [0, 0.05) is 23.2 Å². The maximum absolute atomic E-state index is 11.4. The van der Waals surface area contributed by atoms with Gasteiger partial charge in [-0.15, -0.1) is 0 Å². The van der Waals surface area contributed by atoms with E-state index in [-0.39, 0.29) is 5.91 Å². The molecule has 3 aromatic rings. The van der Waals surface area contributed by atoms with Crippen LogP contribution in [0.3, 0.4) is 0 Å². The lowest BCUT2D eigenvalue weighted by molar-refractivity contribution is -0.120. The molecule has 0 radical (unpaired) electrons. The maximum Gasteiger partial charge on any atom is 0.221 e. The van der Waals surface area contributed by atoms with Gasteiger partial charge in [-0.3, -0.25) is 4.79 Å². The fourth-order valence-electron chi connectivity index (χ4n) is 1.98. The molecular formula is C15H13BrN2O3. The van der Waals surface area contributed by atoms with Crippen LogP contribution in [0.5, 0.6) is 0 Å². The first kappa shape index (κ1) is 13.9. The van der Waals surface area contributed by atoms with E-state index < -0.39 is 0 Å². The second-order valence-corrected chi connectivity index (χ2v) is 5.34. The first-order chi connectivity index (χ1) is 10.3. The average molecular weight is 349 g/mol. The van der Waals surface area contributed by atoms with Crippen molar-refractivity contribution in [1.82, 2.24) is 10.5 Å². The second-order valence-electron chi connectivity index (χ2n) is 4.55. The molecule has 2 aromatic heterocycles. The van der Waals surface area contributed by atoms with E-state index in [1.54, 1.807) is 6.07 Å². The van der Waals surface area contributed by atoms with Crippen molar-refractivity contribution >= 4 is 32.8 Å². The molecule has 5 nitrogen and oxygen atoms in total. The number of nitrogens with one attached hydrogen (secondary N) is 1. The number of furan rings is 1. The summed E-state index contributed by atoms with van der Waals surface area (Å²) in [5.41, 5.74) is 1.46. The van der Waals surface area contributed by atoms with Crippen molar-refractivity contribution < 1.29 is 13.7 Å². The van der Waals surface area contributed by atoms with Crippen molar-refractivity contribution in [3.05, 3.63) is 42.1 Å². The molecule has 0 spiro atoms. The summed E-state index contributed by atoms with van der Waals surface area (Å²) in [5, 5.41) is 8.35. The van der Waals surface area contributed by atoms with Crippen molar-refractivity contribution in [3.63, 3.8) is 0 Å². The fraction of sp³-hybridized carbons (Fsp3) is 0.200. The van der Waals surface area contributed by atoms with Crippen molar-refractivity contribution in [2.75, 3.05) is 5.33 Å². The van der Waals surface area contributed by atoms with E-state index in [9.17, 15) is 4.79 Å². The average Bonchev–Trinajstić information content (AvgIpc) is 3.11. The Morgan fingerprint density at radius 2 is 2.10 bits per heavy atom. The van der Waals surface area contributed by atoms with Crippen LogP contribution in [0.2, 0.25) is 0 Å². The molecule has 0 aliphatic rings. The summed E-state index contributed by atoms with van der Waals surface area (Å²) < 4.78 is 11.0. The molecule has 6 heteroatoms. The van der Waals surface area contributed by atoms with Gasteiger partial charge >= 0.3 is 0 Å². The number of carbonyl (C=O) groups excluding carboxylic acids is 1. The van der Waals surface area contributed by atoms with Crippen LogP contribution < -0.4 is 5.32 Å². The highest BCUT2D eigenvalue weighted by Gasteiger charge is 2.12. The zero-order valence-corrected chi connectivity index (χ0v) is 12.7. The number of aromatic nitrogens is 1. The van der Waals surface area contributed by atoms with Gasteiger partial charge in [0.1, 0.15) is 11.3 Å². The summed E-state index contributed by atoms with van der Waals surface area (Å²) in [6.07, 6.45) is 0.439. The Morgan fingerprint density at radius 3 is 2.90 bits per heavy atom. The molecule has 0 atom stereocenters. The Balaban J connectivity index is 1.73. The molecule has 0 saturated carbocycles. The molecule has 1 aromatic carbocycles. The molecule has 0 saturated heterocycles. The fourth-order valence-corrected chi connectivity index (χ4v) is 2.34. The van der Waals surface area contributed by atoms with Crippen LogP contribution in [0.25, 0.3) is 22.5 Å². The summed E-state index contributed by atoms with van der Waals surface area (Å²) >= 11 is 3.22. The van der Waals surface area contributed by atoms with Gasteiger partial charge in [-0.1, -0.05) is 39.3 Å². The monoisotopic (exact) mass is 348 g/mol. The van der Waals surface area contributed by atoms with Gasteiger partial charge in [-0.2, -0.15) is 0 Å². The lowest BCUT2D eigenvalue weighted by Gasteiger charge is -1.99. The molecule has 2 heterocycles. The quantitative estimate of drug-likeness (QED) is 0.716. The van der Waals surface area contributed by atoms with Crippen LogP contribution in [-0.4, -0.2) is 16.4 Å². The minimum absolute atomic E-state index is 0.0276. The number of hydrogen-bond acceptors (Lipinski definition) is 4. The summed E-state index contributed by atoms with van der Waals surface area (Å²) in [5.74, 6) is 1.15. The van der Waals surface area contributed by atoms with E-state index in [0.29, 0.717) is 35.5 Å². The van der Waals surface area contributed by atoms with Gasteiger partial charge in [-0.05, 0) is 12.1 Å². The molecule has 0 unspecified atom stereocenters. The minimum Gasteiger partial charge on any atom is -0.453 e. The smallest absolute Gasteiger partial charge is 0.221 e. The maximum atomic E-state index is 11.4. The van der Waals surface area contributed by atoms with Gasteiger partial charge < -0.3 is 14.3 Å². The lowest BCUT2D eigenvalue weighted by Crippen LogP contribution is -2.22. The zero-order valence-electron chi connectivity index (χ0n) is 11.1. The highest BCUT2D eigenvalue weighted by molar-refractivity contribution is 9.09. The number of carbonyl (C=O) groups is 1. The van der Waals surface area contributed by atoms with E-state index in [1.165, 1.54) is 0 Å². The van der Waals surface area contributed by atoms with Gasteiger partial charge in [0.25, 0.3) is 0 Å². The Morgan fingerprint density at radius 1 is 1.24 bits per heavy atom. The van der Waals surface area contributed by atoms with E-state index in [1.807, 2.05) is 30.3 Å². The first-order valence-electron chi connectivity index (χ1n) is 6.53. The Kier molecular flexibility index (Phi) is 4.06. The van der Waals surface area contributed by atoms with Crippen LogP contribution in [-0.2, 0) is 11.3 Å². The summed E-state index contributed by atoms with van der Waals surface area (Å²) in [4.78, 5) is 11.4. The minimum atomic E-state index is -0.0276.